The van der Waals surface area contributed by atoms with E-state index in [0.29, 0.717) is 28.9 Å². The van der Waals surface area contributed by atoms with Gasteiger partial charge in [-0.05, 0) is 19.1 Å². The van der Waals surface area contributed by atoms with Gasteiger partial charge in [0.25, 0.3) is 5.91 Å². The van der Waals surface area contributed by atoms with Crippen LogP contribution < -0.4 is 14.8 Å². The lowest BCUT2D eigenvalue weighted by atomic mass is 10.3. The van der Waals surface area contributed by atoms with Crippen molar-refractivity contribution in [1.29, 1.82) is 0 Å². The summed E-state index contributed by atoms with van der Waals surface area (Å²) in [6.07, 6.45) is 0. The maximum absolute atomic E-state index is 12.1. The fourth-order valence-corrected chi connectivity index (χ4v) is 2.09. The average Bonchev–Trinajstić information content (AvgIpc) is 3.27. The monoisotopic (exact) mass is 343 g/mol. The molecular formula is C16H17N5O4. The summed E-state index contributed by atoms with van der Waals surface area (Å²) in [5.74, 6) is 2.41. The van der Waals surface area contributed by atoms with Crippen molar-refractivity contribution in [3.05, 3.63) is 53.4 Å². The second-order valence-corrected chi connectivity index (χ2v) is 5.14. The van der Waals surface area contributed by atoms with Crippen LogP contribution in [0.4, 0.5) is 0 Å². The molecule has 9 nitrogen and oxygen atoms in total. The Morgan fingerprint density at radius 2 is 2.12 bits per heavy atom. The number of H-pyrrole nitrogens is 1. The van der Waals surface area contributed by atoms with Crippen molar-refractivity contribution in [1.82, 2.24) is 25.7 Å². The van der Waals surface area contributed by atoms with Crippen LogP contribution in [0.25, 0.3) is 0 Å². The van der Waals surface area contributed by atoms with Gasteiger partial charge in [-0.25, -0.2) is 4.98 Å². The van der Waals surface area contributed by atoms with E-state index in [4.69, 9.17) is 14.0 Å². The van der Waals surface area contributed by atoms with Crippen LogP contribution in [0.2, 0.25) is 0 Å². The molecule has 3 rings (SSSR count). The van der Waals surface area contributed by atoms with Crippen molar-refractivity contribution >= 4 is 5.91 Å². The SMILES string of the molecule is COc1ccccc1OCc1cc(C(=O)NCc2n[nH]c(C)n2)no1. The van der Waals surface area contributed by atoms with Gasteiger partial charge in [-0.2, -0.15) is 5.10 Å². The van der Waals surface area contributed by atoms with Crippen LogP contribution >= 0.6 is 0 Å². The molecular weight excluding hydrogens is 326 g/mol. The van der Waals surface area contributed by atoms with E-state index in [1.54, 1.807) is 26.2 Å². The fourth-order valence-electron chi connectivity index (χ4n) is 2.09. The van der Waals surface area contributed by atoms with Crippen molar-refractivity contribution in [2.24, 2.45) is 0 Å². The molecule has 0 aliphatic rings. The quantitative estimate of drug-likeness (QED) is 0.669. The molecule has 0 radical (unpaired) electrons. The van der Waals surface area contributed by atoms with Gasteiger partial charge in [0.2, 0.25) is 0 Å². The molecule has 0 saturated heterocycles. The summed E-state index contributed by atoms with van der Waals surface area (Å²) in [5, 5.41) is 13.1. The molecule has 130 valence electrons. The number of amides is 1. The average molecular weight is 343 g/mol. The van der Waals surface area contributed by atoms with Gasteiger partial charge in [-0.15, -0.1) is 0 Å². The van der Waals surface area contributed by atoms with E-state index in [2.05, 4.69) is 25.7 Å². The molecule has 0 spiro atoms. The van der Waals surface area contributed by atoms with Crippen molar-refractivity contribution in [3.63, 3.8) is 0 Å². The second kappa shape index (κ2) is 7.47. The minimum absolute atomic E-state index is 0.126. The maximum Gasteiger partial charge on any atom is 0.273 e. The number of para-hydroxylation sites is 2. The van der Waals surface area contributed by atoms with Crippen LogP contribution in [0.15, 0.2) is 34.9 Å². The minimum atomic E-state index is -0.380. The molecule has 2 heterocycles. The second-order valence-electron chi connectivity index (χ2n) is 5.14. The molecule has 0 aliphatic heterocycles. The molecule has 0 fully saturated rings. The molecule has 2 aromatic heterocycles. The summed E-state index contributed by atoms with van der Waals surface area (Å²) in [7, 11) is 1.56. The van der Waals surface area contributed by atoms with Crippen LogP contribution in [0, 0.1) is 6.92 Å². The highest BCUT2D eigenvalue weighted by atomic mass is 16.5. The van der Waals surface area contributed by atoms with E-state index in [-0.39, 0.29) is 24.8 Å². The predicted octanol–water partition coefficient (Wildman–Crippen LogP) is 1.62. The summed E-state index contributed by atoms with van der Waals surface area (Å²) in [6, 6.07) is 8.77. The number of carbonyl (C=O) groups excluding carboxylic acids is 1. The highest BCUT2D eigenvalue weighted by molar-refractivity contribution is 5.92. The van der Waals surface area contributed by atoms with Gasteiger partial charge in [-0.1, -0.05) is 17.3 Å². The van der Waals surface area contributed by atoms with E-state index in [1.165, 1.54) is 6.07 Å². The van der Waals surface area contributed by atoms with Crippen LogP contribution in [0.1, 0.15) is 27.9 Å². The number of ether oxygens (including phenoxy) is 2. The Bertz CT molecular complexity index is 858. The van der Waals surface area contributed by atoms with Gasteiger partial charge in [0.15, 0.2) is 28.8 Å². The summed E-state index contributed by atoms with van der Waals surface area (Å²) in [5.41, 5.74) is 0.158. The first-order valence-electron chi connectivity index (χ1n) is 7.53. The summed E-state index contributed by atoms with van der Waals surface area (Å²) in [4.78, 5) is 16.2. The van der Waals surface area contributed by atoms with Crippen molar-refractivity contribution in [2.75, 3.05) is 7.11 Å². The molecule has 0 aliphatic carbocycles. The third kappa shape index (κ3) is 4.14. The van der Waals surface area contributed by atoms with Gasteiger partial charge in [-0.3, -0.25) is 9.89 Å². The number of benzene rings is 1. The summed E-state index contributed by atoms with van der Waals surface area (Å²) < 4.78 is 16.0. The van der Waals surface area contributed by atoms with Gasteiger partial charge in [0, 0.05) is 6.07 Å². The zero-order valence-corrected chi connectivity index (χ0v) is 13.8. The molecule has 1 amide bonds. The van der Waals surface area contributed by atoms with E-state index in [1.807, 2.05) is 12.1 Å². The normalized spacial score (nSPS) is 10.5. The lowest BCUT2D eigenvalue weighted by molar-refractivity contribution is 0.0940. The first kappa shape index (κ1) is 16.5. The Hall–Kier alpha value is -3.36. The Kier molecular flexibility index (Phi) is 4.93. The summed E-state index contributed by atoms with van der Waals surface area (Å²) >= 11 is 0. The predicted molar refractivity (Wildman–Crippen MR) is 86.1 cm³/mol. The van der Waals surface area contributed by atoms with E-state index >= 15 is 0 Å². The third-order valence-electron chi connectivity index (χ3n) is 3.28. The number of aryl methyl sites for hydroxylation is 1. The highest BCUT2D eigenvalue weighted by Gasteiger charge is 2.14. The molecule has 0 bridgehead atoms. The Labute approximate surface area is 143 Å². The fraction of sp³-hybridized carbons (Fsp3) is 0.250. The van der Waals surface area contributed by atoms with E-state index < -0.39 is 0 Å². The lowest BCUT2D eigenvalue weighted by Crippen LogP contribution is -2.23. The number of methoxy groups -OCH3 is 1. The molecule has 0 unspecified atom stereocenters. The molecule has 0 saturated carbocycles. The van der Waals surface area contributed by atoms with E-state index in [9.17, 15) is 4.79 Å². The van der Waals surface area contributed by atoms with Crippen molar-refractivity contribution in [3.8, 4) is 11.5 Å². The lowest BCUT2D eigenvalue weighted by Gasteiger charge is -2.08. The van der Waals surface area contributed by atoms with Crippen LogP contribution in [0.3, 0.4) is 0 Å². The highest BCUT2D eigenvalue weighted by Crippen LogP contribution is 2.26. The zero-order chi connectivity index (χ0) is 17.6. The standard InChI is InChI=1S/C16H17N5O4/c1-10-18-15(20-19-10)8-17-16(22)12-7-11(25-21-12)9-24-14-6-4-3-5-13(14)23-2/h3-7H,8-9H2,1-2H3,(H,17,22)(H,18,19,20). The molecule has 9 heteroatoms. The number of hydrogen-bond donors (Lipinski definition) is 2. The first-order chi connectivity index (χ1) is 12.2. The molecule has 3 aromatic rings. The molecule has 2 N–H and O–H groups in total. The Balaban J connectivity index is 1.55. The molecule has 1 aromatic carbocycles. The largest absolute Gasteiger partial charge is 0.493 e. The van der Waals surface area contributed by atoms with Crippen molar-refractivity contribution < 1.29 is 18.8 Å². The van der Waals surface area contributed by atoms with Crippen LogP contribution in [0.5, 0.6) is 11.5 Å². The Morgan fingerprint density at radius 3 is 2.84 bits per heavy atom. The topological polar surface area (TPSA) is 115 Å². The molecule has 25 heavy (non-hydrogen) atoms. The number of aromatic nitrogens is 4. The van der Waals surface area contributed by atoms with Gasteiger partial charge in [0.1, 0.15) is 12.4 Å². The van der Waals surface area contributed by atoms with E-state index in [0.717, 1.165) is 0 Å². The molecule has 0 atom stereocenters. The third-order valence-corrected chi connectivity index (χ3v) is 3.28. The first-order valence-corrected chi connectivity index (χ1v) is 7.53. The zero-order valence-electron chi connectivity index (χ0n) is 13.8. The maximum atomic E-state index is 12.1. The van der Waals surface area contributed by atoms with Gasteiger partial charge < -0.3 is 19.3 Å². The summed E-state index contributed by atoms with van der Waals surface area (Å²) in [6.45, 7) is 2.10. The Morgan fingerprint density at radius 1 is 1.32 bits per heavy atom. The smallest absolute Gasteiger partial charge is 0.273 e. The van der Waals surface area contributed by atoms with Gasteiger partial charge in [0.05, 0.1) is 13.7 Å². The minimum Gasteiger partial charge on any atom is -0.493 e. The number of carbonyl (C=O) groups is 1. The van der Waals surface area contributed by atoms with Crippen molar-refractivity contribution in [2.45, 2.75) is 20.1 Å². The number of nitrogens with one attached hydrogen (secondary N) is 2. The number of nitrogens with zero attached hydrogens (tertiary/aromatic N) is 3. The van der Waals surface area contributed by atoms with Crippen LogP contribution in [-0.4, -0.2) is 33.4 Å². The van der Waals surface area contributed by atoms with Gasteiger partial charge >= 0.3 is 0 Å². The van der Waals surface area contributed by atoms with Crippen LogP contribution in [-0.2, 0) is 13.2 Å². The number of aromatic amines is 1. The number of hydrogen-bond acceptors (Lipinski definition) is 7. The number of rotatable bonds is 7.